The lowest BCUT2D eigenvalue weighted by molar-refractivity contribution is 0.00578. The summed E-state index contributed by atoms with van der Waals surface area (Å²) in [4.78, 5) is 5.14. The predicted octanol–water partition coefficient (Wildman–Crippen LogP) is 11.5. The molecule has 0 radical (unpaired) electrons. The maximum absolute atomic E-state index is 6.49. The molecular formula is C45H53BN2O2. The van der Waals surface area contributed by atoms with Crippen LogP contribution < -0.4 is 5.46 Å². The van der Waals surface area contributed by atoms with Gasteiger partial charge in [0.15, 0.2) is 0 Å². The molecule has 0 amide bonds. The molecule has 1 fully saturated rings. The molecule has 2 aromatic heterocycles. The van der Waals surface area contributed by atoms with Crippen molar-refractivity contribution in [3.05, 3.63) is 102 Å². The summed E-state index contributed by atoms with van der Waals surface area (Å²) in [5, 5.41) is 4.76. The molecular weight excluding hydrogens is 611 g/mol. The third-order valence-corrected chi connectivity index (χ3v) is 11.2. The van der Waals surface area contributed by atoms with E-state index in [1.54, 1.807) is 0 Å². The third-order valence-electron chi connectivity index (χ3n) is 11.2. The molecule has 1 aliphatic heterocycles. The van der Waals surface area contributed by atoms with Crippen LogP contribution in [0.25, 0.3) is 49.5 Å². The second kappa shape index (κ2) is 14.4. The summed E-state index contributed by atoms with van der Waals surface area (Å²) < 4.78 is 15.5. The standard InChI is InChI=1S/C45H53BN2O2/c1-7-9-11-13-19-32-27-33(20-14-12-10-8-2)29-35(28-32)48-41-24-18-17-22-37(41)38-26-25-34(30-42(38)48)43-39-23-16-15-21-36(39)40(31-47-43)46-49-44(3,4)45(5,6)50-46/h15-18,21-31H,7-14,19-20H2,1-6H3. The number of pyridine rings is 1. The normalized spacial score (nSPS) is 15.5. The molecule has 0 saturated carbocycles. The Morgan fingerprint density at radius 3 is 1.82 bits per heavy atom. The molecule has 6 aromatic rings. The number of aryl methyl sites for hydroxylation is 2. The first-order chi connectivity index (χ1) is 24.2. The van der Waals surface area contributed by atoms with Gasteiger partial charge in [-0.25, -0.2) is 0 Å². The van der Waals surface area contributed by atoms with Crippen LogP contribution in [0.15, 0.2) is 91.1 Å². The summed E-state index contributed by atoms with van der Waals surface area (Å²) in [5.41, 5.74) is 8.85. The fourth-order valence-electron chi connectivity index (χ4n) is 7.67. The van der Waals surface area contributed by atoms with Gasteiger partial charge in [-0.2, -0.15) is 0 Å². The number of hydrogen-bond donors (Lipinski definition) is 0. The molecule has 50 heavy (non-hydrogen) atoms. The van der Waals surface area contributed by atoms with Crippen molar-refractivity contribution < 1.29 is 9.31 Å². The summed E-state index contributed by atoms with van der Waals surface area (Å²) in [5.74, 6) is 0. The van der Waals surface area contributed by atoms with Crippen LogP contribution in [0.4, 0.5) is 0 Å². The minimum atomic E-state index is -0.470. The van der Waals surface area contributed by atoms with Crippen molar-refractivity contribution in [3.8, 4) is 16.9 Å². The molecule has 1 aliphatic rings. The van der Waals surface area contributed by atoms with Crippen LogP contribution in [0.5, 0.6) is 0 Å². The zero-order valence-corrected chi connectivity index (χ0v) is 31.0. The topological polar surface area (TPSA) is 36.3 Å². The van der Waals surface area contributed by atoms with Gasteiger partial charge in [-0.3, -0.25) is 4.98 Å². The van der Waals surface area contributed by atoms with Gasteiger partial charge in [0.2, 0.25) is 0 Å². The number of aromatic nitrogens is 2. The molecule has 0 N–H and O–H groups in total. The van der Waals surface area contributed by atoms with Crippen molar-refractivity contribution in [2.24, 2.45) is 0 Å². The maximum Gasteiger partial charge on any atom is 0.497 e. The van der Waals surface area contributed by atoms with Gasteiger partial charge < -0.3 is 13.9 Å². The van der Waals surface area contributed by atoms with E-state index in [9.17, 15) is 0 Å². The molecule has 4 nitrogen and oxygen atoms in total. The van der Waals surface area contributed by atoms with Crippen molar-refractivity contribution in [2.75, 3.05) is 0 Å². The Kier molecular flexibility index (Phi) is 9.92. The fraction of sp³-hybridized carbons (Fsp3) is 0.400. The molecule has 0 aliphatic carbocycles. The second-order valence-electron chi connectivity index (χ2n) is 15.4. The number of benzene rings is 4. The van der Waals surface area contributed by atoms with Gasteiger partial charge in [-0.15, -0.1) is 0 Å². The molecule has 0 atom stereocenters. The predicted molar refractivity (Wildman–Crippen MR) is 213 cm³/mol. The number of unbranched alkanes of at least 4 members (excludes halogenated alkanes) is 6. The molecule has 3 heterocycles. The van der Waals surface area contributed by atoms with Crippen LogP contribution in [0.1, 0.15) is 104 Å². The van der Waals surface area contributed by atoms with Gasteiger partial charge in [0.05, 0.1) is 27.9 Å². The molecule has 5 heteroatoms. The molecule has 1 saturated heterocycles. The first-order valence-corrected chi connectivity index (χ1v) is 19.1. The Labute approximate surface area is 299 Å². The highest BCUT2D eigenvalue weighted by Crippen LogP contribution is 2.39. The fourth-order valence-corrected chi connectivity index (χ4v) is 7.67. The minimum Gasteiger partial charge on any atom is -0.399 e. The van der Waals surface area contributed by atoms with E-state index in [1.807, 2.05) is 6.20 Å². The molecule has 7 rings (SSSR count). The summed E-state index contributed by atoms with van der Waals surface area (Å²) in [6.45, 7) is 13.0. The van der Waals surface area contributed by atoms with Crippen LogP contribution >= 0.6 is 0 Å². The van der Waals surface area contributed by atoms with Crippen molar-refractivity contribution in [1.82, 2.24) is 9.55 Å². The van der Waals surface area contributed by atoms with Gasteiger partial charge in [0.1, 0.15) is 0 Å². The number of rotatable bonds is 13. The highest BCUT2D eigenvalue weighted by molar-refractivity contribution is 6.65. The van der Waals surface area contributed by atoms with Gasteiger partial charge in [-0.05, 0) is 94.2 Å². The molecule has 0 unspecified atom stereocenters. The van der Waals surface area contributed by atoms with Gasteiger partial charge >= 0.3 is 7.12 Å². The lowest BCUT2D eigenvalue weighted by Crippen LogP contribution is -2.41. The van der Waals surface area contributed by atoms with Crippen LogP contribution in [-0.4, -0.2) is 27.9 Å². The van der Waals surface area contributed by atoms with E-state index >= 15 is 0 Å². The lowest BCUT2D eigenvalue weighted by atomic mass is 9.77. The average Bonchev–Trinajstić information content (AvgIpc) is 3.56. The van der Waals surface area contributed by atoms with Crippen molar-refractivity contribution >= 4 is 45.2 Å². The molecule has 4 aromatic carbocycles. The van der Waals surface area contributed by atoms with Crippen molar-refractivity contribution in [1.29, 1.82) is 0 Å². The lowest BCUT2D eigenvalue weighted by Gasteiger charge is -2.32. The maximum atomic E-state index is 6.49. The first-order valence-electron chi connectivity index (χ1n) is 19.1. The van der Waals surface area contributed by atoms with Crippen LogP contribution in [-0.2, 0) is 22.2 Å². The average molecular weight is 665 g/mol. The van der Waals surface area contributed by atoms with Crippen LogP contribution in [0.3, 0.4) is 0 Å². The van der Waals surface area contributed by atoms with Gasteiger partial charge in [0.25, 0.3) is 0 Å². The summed E-state index contributed by atoms with van der Waals surface area (Å²) in [6, 6.07) is 31.7. The molecule has 0 spiro atoms. The Balaban J connectivity index is 1.35. The SMILES string of the molecule is CCCCCCc1cc(CCCCCC)cc(-n2c3ccccc3c3ccc(-c4ncc(B5OC(C)(C)C(C)(C)O5)c5ccccc45)cc32)c1. The third kappa shape index (κ3) is 6.63. The van der Waals surface area contributed by atoms with Gasteiger partial charge in [0, 0.05) is 39.1 Å². The summed E-state index contributed by atoms with van der Waals surface area (Å²) >= 11 is 0. The van der Waals surface area contributed by atoms with E-state index in [1.165, 1.54) is 90.0 Å². The number of hydrogen-bond acceptors (Lipinski definition) is 3. The summed E-state index contributed by atoms with van der Waals surface area (Å²) in [6.07, 6.45) is 14.4. The molecule has 0 bridgehead atoms. The number of fused-ring (bicyclic) bond motifs is 4. The van der Waals surface area contributed by atoms with E-state index in [2.05, 4.69) is 131 Å². The quantitative estimate of drug-likeness (QED) is 0.0911. The number of para-hydroxylation sites is 1. The minimum absolute atomic E-state index is 0.419. The number of nitrogens with zero attached hydrogens (tertiary/aromatic N) is 2. The van der Waals surface area contributed by atoms with E-state index in [-0.39, 0.29) is 0 Å². The Bertz CT molecular complexity index is 2080. The zero-order valence-electron chi connectivity index (χ0n) is 31.0. The highest BCUT2D eigenvalue weighted by atomic mass is 16.7. The van der Waals surface area contributed by atoms with Crippen molar-refractivity contribution in [3.63, 3.8) is 0 Å². The van der Waals surface area contributed by atoms with E-state index < -0.39 is 18.3 Å². The first kappa shape index (κ1) is 34.5. The van der Waals surface area contributed by atoms with Crippen LogP contribution in [0, 0.1) is 0 Å². The largest absolute Gasteiger partial charge is 0.497 e. The Hall–Kier alpha value is -3.93. The Morgan fingerprint density at radius 1 is 0.600 bits per heavy atom. The van der Waals surface area contributed by atoms with E-state index in [0.717, 1.165) is 40.3 Å². The van der Waals surface area contributed by atoms with E-state index in [0.29, 0.717) is 0 Å². The smallest absolute Gasteiger partial charge is 0.399 e. The second-order valence-corrected chi connectivity index (χ2v) is 15.4. The monoisotopic (exact) mass is 664 g/mol. The van der Waals surface area contributed by atoms with Crippen molar-refractivity contribution in [2.45, 2.75) is 117 Å². The summed E-state index contributed by atoms with van der Waals surface area (Å²) in [7, 11) is -0.470. The zero-order chi connectivity index (χ0) is 34.9. The highest BCUT2D eigenvalue weighted by Gasteiger charge is 2.52. The van der Waals surface area contributed by atoms with Crippen LogP contribution in [0.2, 0.25) is 0 Å². The molecule has 258 valence electrons. The van der Waals surface area contributed by atoms with E-state index in [4.69, 9.17) is 14.3 Å². The van der Waals surface area contributed by atoms with Gasteiger partial charge in [-0.1, -0.05) is 113 Å². The Morgan fingerprint density at radius 2 is 1.18 bits per heavy atom.